The van der Waals surface area contributed by atoms with Gasteiger partial charge in [-0.2, -0.15) is 0 Å². The number of likely N-dealkylation sites (N-methyl/N-ethyl adjacent to an activating group) is 1. The fraction of sp³-hybridized carbons (Fsp3) is 0.700. The van der Waals surface area contributed by atoms with Gasteiger partial charge in [-0.15, -0.1) is 5.10 Å². The van der Waals surface area contributed by atoms with Crippen molar-refractivity contribution in [1.82, 2.24) is 20.8 Å². The molecule has 0 aliphatic carbocycles. The van der Waals surface area contributed by atoms with Crippen molar-refractivity contribution in [1.29, 1.82) is 0 Å². The van der Waals surface area contributed by atoms with Crippen molar-refractivity contribution in [3.05, 3.63) is 5.89 Å². The zero-order valence-corrected chi connectivity index (χ0v) is 10.2. The van der Waals surface area contributed by atoms with Gasteiger partial charge in [0, 0.05) is 6.54 Å². The average molecular weight is 241 g/mol. The quantitative estimate of drug-likeness (QED) is 0.560. The molecule has 0 unspecified atom stereocenters. The maximum absolute atomic E-state index is 11.2. The van der Waals surface area contributed by atoms with Gasteiger partial charge in [0.2, 0.25) is 11.8 Å². The number of amides is 1. The predicted octanol–water partition coefficient (Wildman–Crippen LogP) is 0.117. The van der Waals surface area contributed by atoms with Crippen LogP contribution in [-0.2, 0) is 11.3 Å². The first-order valence-corrected chi connectivity index (χ1v) is 5.80. The van der Waals surface area contributed by atoms with Gasteiger partial charge in [-0.05, 0) is 19.9 Å². The number of hydrogen-bond donors (Lipinski definition) is 3. The standard InChI is InChI=1S/C10H19N5O2/c1-3-5-11-7-9-14-15-10(17-9)13-6-8(16)12-4-2/h11H,3-7H2,1-2H3,(H,12,16)(H,13,15). The van der Waals surface area contributed by atoms with Crippen LogP contribution in [0, 0.1) is 0 Å². The van der Waals surface area contributed by atoms with E-state index >= 15 is 0 Å². The predicted molar refractivity (Wildman–Crippen MR) is 63.5 cm³/mol. The van der Waals surface area contributed by atoms with Crippen LogP contribution in [0.25, 0.3) is 0 Å². The first-order valence-electron chi connectivity index (χ1n) is 5.80. The lowest BCUT2D eigenvalue weighted by Crippen LogP contribution is -2.29. The molecule has 0 bridgehead atoms. The van der Waals surface area contributed by atoms with Crippen LogP contribution in [0.4, 0.5) is 6.01 Å². The number of rotatable bonds is 8. The summed E-state index contributed by atoms with van der Waals surface area (Å²) in [5.74, 6) is 0.410. The van der Waals surface area contributed by atoms with Crippen LogP contribution in [0.2, 0.25) is 0 Å². The van der Waals surface area contributed by atoms with E-state index in [9.17, 15) is 4.79 Å². The van der Waals surface area contributed by atoms with E-state index in [0.29, 0.717) is 19.0 Å². The Morgan fingerprint density at radius 2 is 2.18 bits per heavy atom. The summed E-state index contributed by atoms with van der Waals surface area (Å²) in [5, 5.41) is 16.2. The molecule has 7 nitrogen and oxygen atoms in total. The fourth-order valence-corrected chi connectivity index (χ4v) is 1.18. The molecule has 96 valence electrons. The Morgan fingerprint density at radius 1 is 1.35 bits per heavy atom. The third-order valence-corrected chi connectivity index (χ3v) is 1.94. The Morgan fingerprint density at radius 3 is 2.88 bits per heavy atom. The number of hydrogen-bond acceptors (Lipinski definition) is 6. The van der Waals surface area contributed by atoms with Gasteiger partial charge < -0.3 is 20.4 Å². The summed E-state index contributed by atoms with van der Waals surface area (Å²) in [4.78, 5) is 11.2. The Balaban J connectivity index is 2.27. The fourth-order valence-electron chi connectivity index (χ4n) is 1.18. The zero-order valence-electron chi connectivity index (χ0n) is 10.2. The summed E-state index contributed by atoms with van der Waals surface area (Å²) in [7, 11) is 0. The number of carbonyl (C=O) groups excluding carboxylic acids is 1. The molecule has 1 amide bonds. The highest BCUT2D eigenvalue weighted by molar-refractivity contribution is 5.79. The average Bonchev–Trinajstić information content (AvgIpc) is 2.75. The lowest BCUT2D eigenvalue weighted by atomic mass is 10.5. The van der Waals surface area contributed by atoms with Crippen molar-refractivity contribution in [3.63, 3.8) is 0 Å². The van der Waals surface area contributed by atoms with E-state index in [2.05, 4.69) is 33.1 Å². The van der Waals surface area contributed by atoms with Gasteiger partial charge in [0.1, 0.15) is 0 Å². The summed E-state index contributed by atoms with van der Waals surface area (Å²) in [5.41, 5.74) is 0. The van der Waals surface area contributed by atoms with Crippen molar-refractivity contribution < 1.29 is 9.21 Å². The second kappa shape index (κ2) is 7.61. The molecule has 1 rings (SSSR count). The van der Waals surface area contributed by atoms with Crippen LogP contribution in [0.3, 0.4) is 0 Å². The molecule has 0 atom stereocenters. The molecule has 0 saturated carbocycles. The molecular formula is C10H19N5O2. The van der Waals surface area contributed by atoms with E-state index in [0.717, 1.165) is 13.0 Å². The number of aromatic nitrogens is 2. The summed E-state index contributed by atoms with van der Waals surface area (Å²) in [6, 6.07) is 0.268. The van der Waals surface area contributed by atoms with Gasteiger partial charge in [-0.1, -0.05) is 12.0 Å². The highest BCUT2D eigenvalue weighted by atomic mass is 16.4. The molecule has 7 heteroatoms. The number of anilines is 1. The third kappa shape index (κ3) is 5.30. The van der Waals surface area contributed by atoms with Gasteiger partial charge in [0.15, 0.2) is 0 Å². The van der Waals surface area contributed by atoms with Crippen molar-refractivity contribution in [3.8, 4) is 0 Å². The molecule has 3 N–H and O–H groups in total. The summed E-state index contributed by atoms with van der Waals surface area (Å²) in [6.45, 7) is 6.14. The molecule has 17 heavy (non-hydrogen) atoms. The van der Waals surface area contributed by atoms with E-state index in [1.54, 1.807) is 0 Å². The minimum Gasteiger partial charge on any atom is -0.407 e. The van der Waals surface area contributed by atoms with Crippen LogP contribution < -0.4 is 16.0 Å². The third-order valence-electron chi connectivity index (χ3n) is 1.94. The lowest BCUT2D eigenvalue weighted by molar-refractivity contribution is -0.119. The van der Waals surface area contributed by atoms with Crippen LogP contribution in [-0.4, -0.2) is 35.7 Å². The number of nitrogens with one attached hydrogen (secondary N) is 3. The van der Waals surface area contributed by atoms with Crippen LogP contribution in [0.15, 0.2) is 4.42 Å². The van der Waals surface area contributed by atoms with Crippen LogP contribution >= 0.6 is 0 Å². The van der Waals surface area contributed by atoms with Gasteiger partial charge in [0.05, 0.1) is 13.1 Å². The molecule has 0 aliphatic rings. The Labute approximate surface area is 100 Å². The molecule has 1 aromatic heterocycles. The maximum Gasteiger partial charge on any atom is 0.315 e. The summed E-state index contributed by atoms with van der Waals surface area (Å²) in [6.07, 6.45) is 1.05. The molecule has 0 aliphatic heterocycles. The highest BCUT2D eigenvalue weighted by Crippen LogP contribution is 2.04. The van der Waals surface area contributed by atoms with Crippen molar-refractivity contribution in [2.24, 2.45) is 0 Å². The summed E-state index contributed by atoms with van der Waals surface area (Å²) >= 11 is 0. The van der Waals surface area contributed by atoms with E-state index in [1.165, 1.54) is 0 Å². The zero-order chi connectivity index (χ0) is 12.5. The SMILES string of the molecule is CCCNCc1nnc(NCC(=O)NCC)o1. The van der Waals surface area contributed by atoms with Gasteiger partial charge in [-0.3, -0.25) is 4.79 Å². The topological polar surface area (TPSA) is 92.1 Å². The number of nitrogens with zero attached hydrogens (tertiary/aromatic N) is 2. The Bertz CT molecular complexity index is 339. The van der Waals surface area contributed by atoms with E-state index in [1.807, 2.05) is 6.92 Å². The molecule has 0 fully saturated rings. The van der Waals surface area contributed by atoms with E-state index < -0.39 is 0 Å². The molecular weight excluding hydrogens is 222 g/mol. The minimum absolute atomic E-state index is 0.101. The van der Waals surface area contributed by atoms with E-state index in [4.69, 9.17) is 4.42 Å². The van der Waals surface area contributed by atoms with Crippen molar-refractivity contribution in [2.75, 3.05) is 25.0 Å². The molecule has 0 spiro atoms. The molecule has 0 aromatic carbocycles. The largest absolute Gasteiger partial charge is 0.407 e. The van der Waals surface area contributed by atoms with Gasteiger partial charge in [0.25, 0.3) is 0 Å². The molecule has 1 heterocycles. The maximum atomic E-state index is 11.2. The monoisotopic (exact) mass is 241 g/mol. The van der Waals surface area contributed by atoms with Crippen molar-refractivity contribution in [2.45, 2.75) is 26.8 Å². The van der Waals surface area contributed by atoms with Crippen molar-refractivity contribution >= 4 is 11.9 Å². The van der Waals surface area contributed by atoms with Gasteiger partial charge in [-0.25, -0.2) is 0 Å². The first-order chi connectivity index (χ1) is 8.26. The Hall–Kier alpha value is -1.63. The highest BCUT2D eigenvalue weighted by Gasteiger charge is 2.06. The smallest absolute Gasteiger partial charge is 0.315 e. The van der Waals surface area contributed by atoms with Crippen LogP contribution in [0.5, 0.6) is 0 Å². The number of carbonyl (C=O) groups is 1. The second-order valence-electron chi connectivity index (χ2n) is 3.48. The second-order valence-corrected chi connectivity index (χ2v) is 3.48. The van der Waals surface area contributed by atoms with Gasteiger partial charge >= 0.3 is 6.01 Å². The summed E-state index contributed by atoms with van der Waals surface area (Å²) < 4.78 is 5.28. The Kier molecular flexibility index (Phi) is 6.02. The molecule has 0 saturated heterocycles. The molecule has 1 aromatic rings. The normalized spacial score (nSPS) is 10.2. The molecule has 0 radical (unpaired) electrons. The van der Waals surface area contributed by atoms with E-state index in [-0.39, 0.29) is 18.5 Å². The minimum atomic E-state index is -0.101. The first kappa shape index (κ1) is 13.4. The lowest BCUT2D eigenvalue weighted by Gasteiger charge is -2.01. The van der Waals surface area contributed by atoms with Crippen LogP contribution in [0.1, 0.15) is 26.2 Å².